The van der Waals surface area contributed by atoms with Crippen LogP contribution in [0.1, 0.15) is 43.7 Å². The van der Waals surface area contributed by atoms with Crippen LogP contribution in [0.15, 0.2) is 18.2 Å². The highest BCUT2D eigenvalue weighted by molar-refractivity contribution is 5.64. The number of rotatable bonds is 2. The molecule has 0 spiro atoms. The topological polar surface area (TPSA) is 27.0 Å². The largest absolute Gasteiger partial charge is 0.370 e. The summed E-state index contributed by atoms with van der Waals surface area (Å²) >= 11 is 0. The van der Waals surface area contributed by atoms with E-state index in [1.54, 1.807) is 0 Å². The van der Waals surface area contributed by atoms with Gasteiger partial charge in [-0.05, 0) is 43.7 Å². The normalized spacial score (nSPS) is 20.3. The first-order chi connectivity index (χ1) is 8.76. The van der Waals surface area contributed by atoms with Gasteiger partial charge in [-0.1, -0.05) is 25.5 Å². The molecule has 2 nitrogen and oxygen atoms in total. The molecule has 0 aliphatic carbocycles. The van der Waals surface area contributed by atoms with E-state index in [0.717, 1.165) is 30.3 Å². The van der Waals surface area contributed by atoms with Gasteiger partial charge in [0.25, 0.3) is 0 Å². The van der Waals surface area contributed by atoms with Gasteiger partial charge in [-0.3, -0.25) is 0 Å². The fourth-order valence-corrected chi connectivity index (χ4v) is 2.97. The monoisotopic (exact) mass is 242 g/mol. The van der Waals surface area contributed by atoms with Crippen LogP contribution in [0.4, 0.5) is 5.69 Å². The third-order valence-corrected chi connectivity index (χ3v) is 4.10. The van der Waals surface area contributed by atoms with Gasteiger partial charge in [-0.25, -0.2) is 0 Å². The predicted octanol–water partition coefficient (Wildman–Crippen LogP) is 3.88. The number of aryl methyl sites for hydroxylation is 1. The molecule has 0 aromatic heterocycles. The molecule has 0 N–H and O–H groups in total. The van der Waals surface area contributed by atoms with E-state index in [0.29, 0.717) is 0 Å². The van der Waals surface area contributed by atoms with E-state index in [1.807, 2.05) is 12.1 Å². The van der Waals surface area contributed by atoms with E-state index >= 15 is 0 Å². The van der Waals surface area contributed by atoms with Gasteiger partial charge in [0.05, 0.1) is 11.3 Å². The molecule has 96 valence electrons. The standard InChI is InChI=1S/C16H22N2/c1-3-14-7-5-10-18(11-9-14)16-13(2)6-4-8-15(16)12-17/h4,6,8,14H,3,5,7,9-11H2,1-2H3. The van der Waals surface area contributed by atoms with E-state index in [9.17, 15) is 5.26 Å². The second kappa shape index (κ2) is 5.91. The highest BCUT2D eigenvalue weighted by Gasteiger charge is 2.19. The Morgan fingerprint density at radius 2 is 2.17 bits per heavy atom. The van der Waals surface area contributed by atoms with Crippen LogP contribution >= 0.6 is 0 Å². The molecule has 1 aromatic carbocycles. The first-order valence-electron chi connectivity index (χ1n) is 7.01. The van der Waals surface area contributed by atoms with Crippen molar-refractivity contribution >= 4 is 5.69 Å². The molecule has 1 aliphatic heterocycles. The van der Waals surface area contributed by atoms with E-state index in [-0.39, 0.29) is 0 Å². The maximum atomic E-state index is 9.27. The molecular formula is C16H22N2. The van der Waals surface area contributed by atoms with Crippen molar-refractivity contribution in [1.82, 2.24) is 0 Å². The van der Waals surface area contributed by atoms with Crippen LogP contribution in [0.5, 0.6) is 0 Å². The van der Waals surface area contributed by atoms with Crippen molar-refractivity contribution < 1.29 is 0 Å². The van der Waals surface area contributed by atoms with Crippen LogP contribution in [0.25, 0.3) is 0 Å². The fourth-order valence-electron chi connectivity index (χ4n) is 2.97. The van der Waals surface area contributed by atoms with Crippen LogP contribution in [-0.4, -0.2) is 13.1 Å². The molecule has 1 heterocycles. The highest BCUT2D eigenvalue weighted by atomic mass is 15.1. The van der Waals surface area contributed by atoms with Crippen molar-refractivity contribution in [2.75, 3.05) is 18.0 Å². The number of para-hydroxylation sites is 1. The van der Waals surface area contributed by atoms with Gasteiger partial charge >= 0.3 is 0 Å². The Morgan fingerprint density at radius 1 is 1.33 bits per heavy atom. The minimum absolute atomic E-state index is 0.824. The molecule has 1 fully saturated rings. The Bertz CT molecular complexity index is 445. The van der Waals surface area contributed by atoms with Crippen molar-refractivity contribution in [3.8, 4) is 6.07 Å². The van der Waals surface area contributed by atoms with Gasteiger partial charge in [0, 0.05) is 13.1 Å². The van der Waals surface area contributed by atoms with E-state index in [1.165, 1.54) is 31.2 Å². The maximum absolute atomic E-state index is 9.27. The second-order valence-corrected chi connectivity index (χ2v) is 5.28. The Kier molecular flexibility index (Phi) is 4.25. The van der Waals surface area contributed by atoms with Gasteiger partial charge in [0.15, 0.2) is 0 Å². The third kappa shape index (κ3) is 2.67. The van der Waals surface area contributed by atoms with Crippen LogP contribution in [0.2, 0.25) is 0 Å². The predicted molar refractivity (Wildman–Crippen MR) is 75.7 cm³/mol. The number of hydrogen-bond acceptors (Lipinski definition) is 2. The first kappa shape index (κ1) is 13.0. The molecule has 1 unspecified atom stereocenters. The zero-order chi connectivity index (χ0) is 13.0. The summed E-state index contributed by atoms with van der Waals surface area (Å²) < 4.78 is 0. The molecule has 0 radical (unpaired) electrons. The van der Waals surface area contributed by atoms with Crippen molar-refractivity contribution in [2.24, 2.45) is 5.92 Å². The lowest BCUT2D eigenvalue weighted by Crippen LogP contribution is -2.26. The second-order valence-electron chi connectivity index (χ2n) is 5.28. The average molecular weight is 242 g/mol. The molecule has 0 saturated carbocycles. The quantitative estimate of drug-likeness (QED) is 0.787. The maximum Gasteiger partial charge on any atom is 0.101 e. The van der Waals surface area contributed by atoms with Crippen LogP contribution < -0.4 is 4.90 Å². The number of nitrogens with zero attached hydrogens (tertiary/aromatic N) is 2. The van der Waals surface area contributed by atoms with Crippen LogP contribution in [0.3, 0.4) is 0 Å². The average Bonchev–Trinajstić information content (AvgIpc) is 2.63. The third-order valence-electron chi connectivity index (χ3n) is 4.10. The zero-order valence-electron chi connectivity index (χ0n) is 11.4. The van der Waals surface area contributed by atoms with E-state index in [2.05, 4.69) is 30.9 Å². The number of nitriles is 1. The molecule has 1 atom stereocenters. The Morgan fingerprint density at radius 3 is 2.89 bits per heavy atom. The summed E-state index contributed by atoms with van der Waals surface area (Å²) in [6.45, 7) is 6.58. The van der Waals surface area contributed by atoms with Gasteiger partial charge in [0.2, 0.25) is 0 Å². The van der Waals surface area contributed by atoms with E-state index < -0.39 is 0 Å². The van der Waals surface area contributed by atoms with Gasteiger partial charge < -0.3 is 4.90 Å². The van der Waals surface area contributed by atoms with Gasteiger partial charge in [-0.2, -0.15) is 5.26 Å². The minimum Gasteiger partial charge on any atom is -0.370 e. The molecular weight excluding hydrogens is 220 g/mol. The van der Waals surface area contributed by atoms with Crippen molar-refractivity contribution in [2.45, 2.75) is 39.5 Å². The lowest BCUT2D eigenvalue weighted by Gasteiger charge is -2.25. The molecule has 0 bridgehead atoms. The minimum atomic E-state index is 0.824. The Labute approximate surface area is 110 Å². The summed E-state index contributed by atoms with van der Waals surface area (Å²) in [5.41, 5.74) is 3.21. The van der Waals surface area contributed by atoms with Crippen molar-refractivity contribution in [3.05, 3.63) is 29.3 Å². The molecule has 0 amide bonds. The molecule has 1 aliphatic rings. The summed E-state index contributed by atoms with van der Waals surface area (Å²) in [6, 6.07) is 8.36. The Balaban J connectivity index is 2.24. The van der Waals surface area contributed by atoms with E-state index in [4.69, 9.17) is 0 Å². The lowest BCUT2D eigenvalue weighted by molar-refractivity contribution is 0.459. The van der Waals surface area contributed by atoms with Gasteiger partial charge in [-0.15, -0.1) is 0 Å². The van der Waals surface area contributed by atoms with Crippen LogP contribution in [-0.2, 0) is 0 Å². The summed E-state index contributed by atoms with van der Waals surface area (Å²) in [6.07, 6.45) is 5.13. The summed E-state index contributed by atoms with van der Waals surface area (Å²) in [5.74, 6) is 0.865. The summed E-state index contributed by atoms with van der Waals surface area (Å²) in [7, 11) is 0. The smallest absolute Gasteiger partial charge is 0.101 e. The number of benzene rings is 1. The number of hydrogen-bond donors (Lipinski definition) is 0. The molecule has 18 heavy (non-hydrogen) atoms. The lowest BCUT2D eigenvalue weighted by atomic mass is 9.98. The molecule has 2 rings (SSSR count). The molecule has 1 saturated heterocycles. The number of anilines is 1. The molecule has 1 aromatic rings. The first-order valence-corrected chi connectivity index (χ1v) is 7.01. The van der Waals surface area contributed by atoms with Crippen LogP contribution in [0, 0.1) is 24.2 Å². The molecule has 2 heteroatoms. The summed E-state index contributed by atoms with van der Waals surface area (Å²) in [5, 5.41) is 9.27. The zero-order valence-corrected chi connectivity index (χ0v) is 11.4. The van der Waals surface area contributed by atoms with Crippen molar-refractivity contribution in [1.29, 1.82) is 5.26 Å². The SMILES string of the molecule is CCC1CCCN(c2c(C)cccc2C#N)CC1. The van der Waals surface area contributed by atoms with Gasteiger partial charge in [0.1, 0.15) is 6.07 Å². The fraction of sp³-hybridized carbons (Fsp3) is 0.562. The van der Waals surface area contributed by atoms with Crippen molar-refractivity contribution in [3.63, 3.8) is 0 Å². The Hall–Kier alpha value is -1.49. The highest BCUT2D eigenvalue weighted by Crippen LogP contribution is 2.29. The summed E-state index contributed by atoms with van der Waals surface area (Å²) in [4.78, 5) is 2.42.